The minimum Gasteiger partial charge on any atom is -0.495 e. The number of ether oxygens (including phenoxy) is 1. The zero-order valence-electron chi connectivity index (χ0n) is 13.0. The lowest BCUT2D eigenvalue weighted by Gasteiger charge is -2.23. The van der Waals surface area contributed by atoms with E-state index in [0.29, 0.717) is 6.42 Å². The van der Waals surface area contributed by atoms with Crippen LogP contribution in [0.1, 0.15) is 46.1 Å². The number of hydrogen-bond donors (Lipinski definition) is 2. The van der Waals surface area contributed by atoms with Gasteiger partial charge in [-0.25, -0.2) is 0 Å². The van der Waals surface area contributed by atoms with Gasteiger partial charge in [0.05, 0.1) is 12.8 Å². The lowest BCUT2D eigenvalue weighted by Crippen LogP contribution is -2.18. The Hall–Kier alpha value is -1.71. The summed E-state index contributed by atoms with van der Waals surface area (Å²) in [6.07, 6.45) is 0.744. The Morgan fingerprint density at radius 1 is 1.40 bits per heavy atom. The van der Waals surface area contributed by atoms with Crippen molar-refractivity contribution >= 4 is 11.7 Å². The number of benzene rings is 1. The van der Waals surface area contributed by atoms with Crippen molar-refractivity contribution in [2.45, 2.75) is 52.0 Å². The number of anilines is 1. The molecule has 0 radical (unpaired) electrons. The Balaban J connectivity index is 2.88. The standard InChI is InChI=1S/C16H25NO3/c1-11(6-9-15(18)19)17-13-10-12(16(2,3)4)7-8-14(13)20-5/h7-8,10-11,17H,6,9H2,1-5H3,(H,18,19). The van der Waals surface area contributed by atoms with Crippen LogP contribution in [-0.2, 0) is 10.2 Å². The van der Waals surface area contributed by atoms with E-state index in [1.165, 1.54) is 5.56 Å². The summed E-state index contributed by atoms with van der Waals surface area (Å²) in [6.45, 7) is 8.46. The summed E-state index contributed by atoms with van der Waals surface area (Å²) in [6, 6.07) is 6.17. The maximum absolute atomic E-state index is 10.6. The molecule has 0 fully saturated rings. The van der Waals surface area contributed by atoms with E-state index in [0.717, 1.165) is 11.4 Å². The molecule has 0 amide bonds. The lowest BCUT2D eigenvalue weighted by molar-refractivity contribution is -0.137. The van der Waals surface area contributed by atoms with E-state index in [-0.39, 0.29) is 17.9 Å². The van der Waals surface area contributed by atoms with Crippen LogP contribution < -0.4 is 10.1 Å². The summed E-state index contributed by atoms with van der Waals surface area (Å²) in [5.41, 5.74) is 2.19. The molecule has 1 unspecified atom stereocenters. The molecular formula is C16H25NO3. The Kier molecular flexibility index (Phi) is 5.43. The Morgan fingerprint density at radius 2 is 2.05 bits per heavy atom. The number of carboxylic acid groups (broad SMARTS) is 1. The molecule has 1 aromatic carbocycles. The van der Waals surface area contributed by atoms with E-state index in [4.69, 9.17) is 9.84 Å². The number of aliphatic carboxylic acids is 1. The van der Waals surface area contributed by atoms with Gasteiger partial charge in [0.15, 0.2) is 0 Å². The molecule has 20 heavy (non-hydrogen) atoms. The number of carbonyl (C=O) groups is 1. The van der Waals surface area contributed by atoms with Gasteiger partial charge in [-0.3, -0.25) is 4.79 Å². The van der Waals surface area contributed by atoms with Gasteiger partial charge in [-0.2, -0.15) is 0 Å². The summed E-state index contributed by atoms with van der Waals surface area (Å²) >= 11 is 0. The van der Waals surface area contributed by atoms with E-state index in [1.807, 2.05) is 13.0 Å². The molecule has 0 saturated carbocycles. The minimum atomic E-state index is -0.769. The number of rotatable bonds is 6. The maximum atomic E-state index is 10.6. The van der Waals surface area contributed by atoms with Crippen LogP contribution in [0, 0.1) is 0 Å². The molecule has 4 nitrogen and oxygen atoms in total. The Labute approximate surface area is 121 Å². The van der Waals surface area contributed by atoms with Crippen molar-refractivity contribution in [1.82, 2.24) is 0 Å². The highest BCUT2D eigenvalue weighted by atomic mass is 16.5. The van der Waals surface area contributed by atoms with Gasteiger partial charge in [-0.05, 0) is 36.5 Å². The summed E-state index contributed by atoms with van der Waals surface area (Å²) in [4.78, 5) is 10.6. The lowest BCUT2D eigenvalue weighted by atomic mass is 9.86. The molecule has 1 rings (SSSR count). The van der Waals surface area contributed by atoms with Gasteiger partial charge >= 0.3 is 5.97 Å². The SMILES string of the molecule is COc1ccc(C(C)(C)C)cc1NC(C)CCC(=O)O. The second kappa shape index (κ2) is 6.64. The third kappa shape index (κ3) is 4.76. The normalized spacial score (nSPS) is 12.8. The Bertz CT molecular complexity index is 463. The van der Waals surface area contributed by atoms with Crippen molar-refractivity contribution in [3.63, 3.8) is 0 Å². The molecular weight excluding hydrogens is 254 g/mol. The second-order valence-corrected chi connectivity index (χ2v) is 6.14. The fourth-order valence-electron chi connectivity index (χ4n) is 1.96. The van der Waals surface area contributed by atoms with Gasteiger partial charge in [0, 0.05) is 12.5 Å². The van der Waals surface area contributed by atoms with E-state index in [2.05, 4.69) is 38.2 Å². The first-order chi connectivity index (χ1) is 9.24. The molecule has 0 aliphatic rings. The second-order valence-electron chi connectivity index (χ2n) is 6.14. The highest BCUT2D eigenvalue weighted by Crippen LogP contribution is 2.32. The molecule has 0 bridgehead atoms. The van der Waals surface area contributed by atoms with E-state index in [9.17, 15) is 4.79 Å². The van der Waals surface area contributed by atoms with Gasteiger partial charge in [-0.15, -0.1) is 0 Å². The third-order valence-corrected chi connectivity index (χ3v) is 3.26. The van der Waals surface area contributed by atoms with Crippen molar-refractivity contribution in [3.8, 4) is 5.75 Å². The molecule has 0 saturated heterocycles. The summed E-state index contributed by atoms with van der Waals surface area (Å²) < 4.78 is 5.36. The monoisotopic (exact) mass is 279 g/mol. The van der Waals surface area contributed by atoms with Crippen molar-refractivity contribution in [2.24, 2.45) is 0 Å². The maximum Gasteiger partial charge on any atom is 0.303 e. The van der Waals surface area contributed by atoms with Crippen LogP contribution in [0.5, 0.6) is 5.75 Å². The number of nitrogens with one attached hydrogen (secondary N) is 1. The predicted molar refractivity (Wildman–Crippen MR) is 81.6 cm³/mol. The van der Waals surface area contributed by atoms with Crippen molar-refractivity contribution in [2.75, 3.05) is 12.4 Å². The predicted octanol–water partition coefficient (Wildman–Crippen LogP) is 3.66. The highest BCUT2D eigenvalue weighted by Gasteiger charge is 2.16. The van der Waals surface area contributed by atoms with Crippen molar-refractivity contribution in [3.05, 3.63) is 23.8 Å². The van der Waals surface area contributed by atoms with Crippen LogP contribution in [-0.4, -0.2) is 24.2 Å². The van der Waals surface area contributed by atoms with Gasteiger partial charge in [0.1, 0.15) is 5.75 Å². The number of hydrogen-bond acceptors (Lipinski definition) is 3. The molecule has 0 aliphatic carbocycles. The number of methoxy groups -OCH3 is 1. The van der Waals surface area contributed by atoms with Crippen LogP contribution in [0.2, 0.25) is 0 Å². The smallest absolute Gasteiger partial charge is 0.303 e. The topological polar surface area (TPSA) is 58.6 Å². The van der Waals surface area contributed by atoms with Crippen LogP contribution in [0.4, 0.5) is 5.69 Å². The first kappa shape index (κ1) is 16.3. The molecule has 4 heteroatoms. The quantitative estimate of drug-likeness (QED) is 0.834. The average Bonchev–Trinajstić information content (AvgIpc) is 2.35. The molecule has 0 spiro atoms. The van der Waals surface area contributed by atoms with Gasteiger partial charge in [-0.1, -0.05) is 26.8 Å². The molecule has 112 valence electrons. The minimum absolute atomic E-state index is 0.0625. The average molecular weight is 279 g/mol. The van der Waals surface area contributed by atoms with Crippen LogP contribution >= 0.6 is 0 Å². The van der Waals surface area contributed by atoms with Crippen LogP contribution in [0.25, 0.3) is 0 Å². The fourth-order valence-corrected chi connectivity index (χ4v) is 1.96. The fraction of sp³-hybridized carbons (Fsp3) is 0.562. The van der Waals surface area contributed by atoms with Gasteiger partial charge in [0.25, 0.3) is 0 Å². The van der Waals surface area contributed by atoms with Crippen LogP contribution in [0.15, 0.2) is 18.2 Å². The first-order valence-electron chi connectivity index (χ1n) is 6.91. The molecule has 2 N–H and O–H groups in total. The van der Waals surface area contributed by atoms with Gasteiger partial charge in [0.2, 0.25) is 0 Å². The van der Waals surface area contributed by atoms with Crippen molar-refractivity contribution in [1.29, 1.82) is 0 Å². The van der Waals surface area contributed by atoms with Crippen molar-refractivity contribution < 1.29 is 14.6 Å². The van der Waals surface area contributed by atoms with E-state index >= 15 is 0 Å². The highest BCUT2D eigenvalue weighted by molar-refractivity contribution is 5.67. The Morgan fingerprint density at radius 3 is 2.55 bits per heavy atom. The van der Waals surface area contributed by atoms with E-state index in [1.54, 1.807) is 7.11 Å². The largest absolute Gasteiger partial charge is 0.495 e. The zero-order valence-corrected chi connectivity index (χ0v) is 13.0. The van der Waals surface area contributed by atoms with Gasteiger partial charge < -0.3 is 15.2 Å². The summed E-state index contributed by atoms with van der Waals surface area (Å²) in [7, 11) is 1.64. The molecule has 0 heterocycles. The molecule has 1 aromatic rings. The summed E-state index contributed by atoms with van der Waals surface area (Å²) in [5, 5.41) is 12.1. The zero-order chi connectivity index (χ0) is 15.3. The van der Waals surface area contributed by atoms with E-state index < -0.39 is 5.97 Å². The molecule has 0 aliphatic heterocycles. The summed E-state index contributed by atoms with van der Waals surface area (Å²) in [5.74, 6) is 0.00855. The third-order valence-electron chi connectivity index (χ3n) is 3.26. The molecule has 0 aromatic heterocycles. The number of carboxylic acids is 1. The molecule has 1 atom stereocenters. The van der Waals surface area contributed by atoms with Crippen LogP contribution in [0.3, 0.4) is 0 Å². The first-order valence-corrected chi connectivity index (χ1v) is 6.91.